The van der Waals surface area contributed by atoms with Gasteiger partial charge in [0, 0.05) is 25.7 Å². The van der Waals surface area contributed by atoms with Gasteiger partial charge in [-0.15, -0.1) is 24.0 Å². The normalized spacial score (nSPS) is 10.7. The Bertz CT molecular complexity index is 824. The van der Waals surface area contributed by atoms with Gasteiger partial charge in [0.15, 0.2) is 5.96 Å². The fourth-order valence-corrected chi connectivity index (χ4v) is 2.89. The van der Waals surface area contributed by atoms with Gasteiger partial charge >= 0.3 is 0 Å². The van der Waals surface area contributed by atoms with E-state index in [1.54, 1.807) is 20.2 Å². The minimum absolute atomic E-state index is 0. The molecule has 0 bridgehead atoms. The molecule has 0 fully saturated rings. The molecule has 2 aromatic carbocycles. The van der Waals surface area contributed by atoms with Gasteiger partial charge in [0.1, 0.15) is 5.75 Å². The fraction of sp³-hybridized carbons (Fsp3) is 0.364. The number of rotatable bonds is 8. The van der Waals surface area contributed by atoms with Crippen molar-refractivity contribution in [1.29, 1.82) is 0 Å². The van der Waals surface area contributed by atoms with Gasteiger partial charge in [-0.25, -0.2) is 4.99 Å². The highest BCUT2D eigenvalue weighted by atomic mass is 127. The first kappa shape index (κ1) is 24.7. The third kappa shape index (κ3) is 7.92. The van der Waals surface area contributed by atoms with Crippen LogP contribution in [0, 0.1) is 6.92 Å². The molecule has 1 amide bonds. The Morgan fingerprint density at radius 1 is 1.14 bits per heavy atom. The molecule has 0 unspecified atom stereocenters. The molecule has 158 valence electrons. The van der Waals surface area contributed by atoms with Crippen LogP contribution in [0.2, 0.25) is 0 Å². The van der Waals surface area contributed by atoms with E-state index in [9.17, 15) is 4.79 Å². The third-order valence-corrected chi connectivity index (χ3v) is 4.30. The Morgan fingerprint density at radius 3 is 2.62 bits per heavy atom. The monoisotopic (exact) mass is 510 g/mol. The van der Waals surface area contributed by atoms with Gasteiger partial charge in [-0.2, -0.15) is 0 Å². The van der Waals surface area contributed by atoms with Crippen LogP contribution in [0.5, 0.6) is 5.75 Å². The summed E-state index contributed by atoms with van der Waals surface area (Å²) >= 11 is 0. The van der Waals surface area contributed by atoms with Gasteiger partial charge in [-0.05, 0) is 49.6 Å². The van der Waals surface area contributed by atoms with Gasteiger partial charge < -0.3 is 20.7 Å². The summed E-state index contributed by atoms with van der Waals surface area (Å²) in [7, 11) is 3.32. The van der Waals surface area contributed by atoms with Crippen molar-refractivity contribution in [2.45, 2.75) is 26.8 Å². The number of ether oxygens (including phenoxy) is 1. The maximum absolute atomic E-state index is 11.8. The lowest BCUT2D eigenvalue weighted by molar-refractivity contribution is 0.0963. The van der Waals surface area contributed by atoms with E-state index in [0.29, 0.717) is 12.1 Å². The lowest BCUT2D eigenvalue weighted by Gasteiger charge is -2.13. The highest BCUT2D eigenvalue weighted by Gasteiger charge is 2.06. The molecule has 0 heterocycles. The predicted molar refractivity (Wildman–Crippen MR) is 130 cm³/mol. The van der Waals surface area contributed by atoms with E-state index in [-0.39, 0.29) is 29.9 Å². The summed E-state index contributed by atoms with van der Waals surface area (Å²) in [4.78, 5) is 16.4. The number of hydrogen-bond acceptors (Lipinski definition) is 3. The van der Waals surface area contributed by atoms with Crippen molar-refractivity contribution in [3.05, 3.63) is 64.7 Å². The summed E-state index contributed by atoms with van der Waals surface area (Å²) in [5.74, 6) is 1.56. The molecule has 3 N–H and O–H groups in total. The molecular formula is C22H31IN4O2. The zero-order chi connectivity index (χ0) is 20.4. The van der Waals surface area contributed by atoms with Gasteiger partial charge in [0.05, 0.1) is 13.7 Å². The number of nitrogens with one attached hydrogen (secondary N) is 3. The van der Waals surface area contributed by atoms with E-state index < -0.39 is 0 Å². The molecule has 0 aliphatic rings. The Hall–Kier alpha value is -2.29. The van der Waals surface area contributed by atoms with Gasteiger partial charge in [0.25, 0.3) is 5.91 Å². The van der Waals surface area contributed by atoms with Crippen LogP contribution in [-0.4, -0.2) is 39.1 Å². The number of aryl methyl sites for hydroxylation is 1. The van der Waals surface area contributed by atoms with Crippen molar-refractivity contribution in [3.8, 4) is 5.75 Å². The van der Waals surface area contributed by atoms with Crippen molar-refractivity contribution in [3.63, 3.8) is 0 Å². The Labute approximate surface area is 190 Å². The fourth-order valence-electron chi connectivity index (χ4n) is 2.89. The first-order valence-corrected chi connectivity index (χ1v) is 9.54. The first-order valence-electron chi connectivity index (χ1n) is 9.54. The number of amides is 1. The topological polar surface area (TPSA) is 74.8 Å². The van der Waals surface area contributed by atoms with E-state index >= 15 is 0 Å². The molecule has 0 aliphatic heterocycles. The molecule has 29 heavy (non-hydrogen) atoms. The molecule has 0 radical (unpaired) electrons. The van der Waals surface area contributed by atoms with Crippen LogP contribution < -0.4 is 20.7 Å². The molecule has 2 rings (SSSR count). The van der Waals surface area contributed by atoms with E-state index in [1.165, 1.54) is 11.1 Å². The number of aliphatic imine (C=N–C) groups is 1. The summed E-state index contributed by atoms with van der Waals surface area (Å²) in [6.45, 7) is 6.12. The number of carbonyl (C=O) groups is 1. The zero-order valence-electron chi connectivity index (χ0n) is 17.5. The minimum Gasteiger partial charge on any atom is -0.496 e. The molecule has 0 saturated heterocycles. The quantitative estimate of drug-likeness (QED) is 0.290. The van der Waals surface area contributed by atoms with Crippen molar-refractivity contribution in [2.75, 3.05) is 27.2 Å². The van der Waals surface area contributed by atoms with Crippen LogP contribution in [0.15, 0.2) is 47.5 Å². The lowest BCUT2D eigenvalue weighted by atomic mass is 10.1. The van der Waals surface area contributed by atoms with Gasteiger partial charge in [-0.3, -0.25) is 4.79 Å². The van der Waals surface area contributed by atoms with E-state index in [4.69, 9.17) is 4.74 Å². The number of nitrogens with zero attached hydrogens (tertiary/aromatic N) is 1. The molecule has 7 heteroatoms. The Morgan fingerprint density at radius 2 is 1.93 bits per heavy atom. The third-order valence-electron chi connectivity index (χ3n) is 4.30. The summed E-state index contributed by atoms with van der Waals surface area (Å²) in [6, 6.07) is 13.7. The molecule has 2 aromatic rings. The highest BCUT2D eigenvalue weighted by Crippen LogP contribution is 2.19. The molecular weight excluding hydrogens is 479 g/mol. The lowest BCUT2D eigenvalue weighted by Crippen LogP contribution is -2.38. The van der Waals surface area contributed by atoms with Crippen LogP contribution >= 0.6 is 24.0 Å². The highest BCUT2D eigenvalue weighted by molar-refractivity contribution is 14.0. The van der Waals surface area contributed by atoms with Crippen molar-refractivity contribution < 1.29 is 9.53 Å². The number of guanidine groups is 1. The standard InChI is InChI=1S/C22H30N4O2.HI/c1-5-24-22(25-12-11-18-13-16(2)9-10-20(18)28-4)26-15-17-7-6-8-19(14-17)21(27)23-3;/h6-10,13-14H,5,11-12,15H2,1-4H3,(H,23,27)(H2,24,25,26);1H. The second-order valence-corrected chi connectivity index (χ2v) is 6.47. The van der Waals surface area contributed by atoms with Crippen molar-refractivity contribution in [1.82, 2.24) is 16.0 Å². The number of hydrogen-bond donors (Lipinski definition) is 3. The molecule has 0 spiro atoms. The largest absolute Gasteiger partial charge is 0.496 e. The number of halogens is 1. The maximum Gasteiger partial charge on any atom is 0.251 e. The van der Waals surface area contributed by atoms with Gasteiger partial charge in [0.2, 0.25) is 0 Å². The molecule has 0 saturated carbocycles. The minimum atomic E-state index is -0.0945. The van der Waals surface area contributed by atoms with Crippen LogP contribution in [0.25, 0.3) is 0 Å². The smallest absolute Gasteiger partial charge is 0.251 e. The Balaban J connectivity index is 0.00000420. The van der Waals surface area contributed by atoms with Crippen LogP contribution in [-0.2, 0) is 13.0 Å². The second kappa shape index (κ2) is 13.0. The Kier molecular flexibility index (Phi) is 11.1. The molecule has 0 aliphatic carbocycles. The average molecular weight is 510 g/mol. The molecule has 6 nitrogen and oxygen atoms in total. The number of carbonyl (C=O) groups excluding carboxylic acids is 1. The van der Waals surface area contributed by atoms with Gasteiger partial charge in [-0.1, -0.05) is 29.8 Å². The first-order chi connectivity index (χ1) is 13.6. The van der Waals surface area contributed by atoms with Crippen LogP contribution in [0.4, 0.5) is 0 Å². The summed E-state index contributed by atoms with van der Waals surface area (Å²) < 4.78 is 5.44. The van der Waals surface area contributed by atoms with E-state index in [1.807, 2.05) is 37.3 Å². The molecule has 0 atom stereocenters. The van der Waals surface area contributed by atoms with Crippen LogP contribution in [0.1, 0.15) is 34.0 Å². The van der Waals surface area contributed by atoms with Crippen LogP contribution in [0.3, 0.4) is 0 Å². The average Bonchev–Trinajstić information content (AvgIpc) is 2.71. The molecule has 0 aromatic heterocycles. The predicted octanol–water partition coefficient (Wildman–Crippen LogP) is 3.28. The zero-order valence-corrected chi connectivity index (χ0v) is 19.9. The summed E-state index contributed by atoms with van der Waals surface area (Å²) in [6.07, 6.45) is 0.835. The summed E-state index contributed by atoms with van der Waals surface area (Å²) in [5.41, 5.74) is 4.01. The van der Waals surface area contributed by atoms with E-state index in [0.717, 1.165) is 36.8 Å². The van der Waals surface area contributed by atoms with Crippen molar-refractivity contribution >= 4 is 35.8 Å². The second-order valence-electron chi connectivity index (χ2n) is 6.47. The van der Waals surface area contributed by atoms with E-state index in [2.05, 4.69) is 33.9 Å². The maximum atomic E-state index is 11.8. The SMILES string of the molecule is CCNC(=NCc1cccc(C(=O)NC)c1)NCCc1cc(C)ccc1OC.I. The number of benzene rings is 2. The summed E-state index contributed by atoms with van der Waals surface area (Å²) in [5, 5.41) is 9.26. The van der Waals surface area contributed by atoms with Crippen molar-refractivity contribution in [2.24, 2.45) is 4.99 Å². The number of methoxy groups -OCH3 is 1.